The van der Waals surface area contributed by atoms with Crippen molar-refractivity contribution >= 4 is 11.8 Å². The third-order valence-corrected chi connectivity index (χ3v) is 3.45. The van der Waals surface area contributed by atoms with Crippen molar-refractivity contribution in [2.45, 2.75) is 25.8 Å². The SMILES string of the molecule is CC(=O)NCC(=O)N(C)C1CCc2ccccc21. The predicted molar refractivity (Wildman–Crippen MR) is 69.0 cm³/mol. The van der Waals surface area contributed by atoms with Gasteiger partial charge in [-0.05, 0) is 24.0 Å². The standard InChI is InChI=1S/C14H18N2O2/c1-10(17)15-9-14(18)16(2)13-8-7-11-5-3-4-6-12(11)13/h3-6,13H,7-9H2,1-2H3,(H,15,17). The van der Waals surface area contributed by atoms with Crippen molar-refractivity contribution in [3.63, 3.8) is 0 Å². The molecule has 1 atom stereocenters. The average molecular weight is 246 g/mol. The number of hydrogen-bond acceptors (Lipinski definition) is 2. The molecule has 0 spiro atoms. The second-order valence-corrected chi connectivity index (χ2v) is 4.67. The van der Waals surface area contributed by atoms with Gasteiger partial charge in [0.2, 0.25) is 11.8 Å². The summed E-state index contributed by atoms with van der Waals surface area (Å²) in [5.74, 6) is -0.226. The van der Waals surface area contributed by atoms with Gasteiger partial charge in [0, 0.05) is 14.0 Å². The molecule has 0 aromatic heterocycles. The molecule has 0 bridgehead atoms. The minimum Gasteiger partial charge on any atom is -0.347 e. The number of carbonyl (C=O) groups is 2. The first-order valence-corrected chi connectivity index (χ1v) is 6.17. The van der Waals surface area contributed by atoms with E-state index in [2.05, 4.69) is 17.4 Å². The van der Waals surface area contributed by atoms with Crippen LogP contribution >= 0.6 is 0 Å². The summed E-state index contributed by atoms with van der Waals surface area (Å²) < 4.78 is 0. The number of nitrogens with zero attached hydrogens (tertiary/aromatic N) is 1. The number of hydrogen-bond donors (Lipinski definition) is 1. The zero-order valence-corrected chi connectivity index (χ0v) is 10.8. The molecule has 1 aliphatic carbocycles. The van der Waals surface area contributed by atoms with Crippen LogP contribution in [0.3, 0.4) is 0 Å². The molecule has 4 heteroatoms. The molecule has 4 nitrogen and oxygen atoms in total. The summed E-state index contributed by atoms with van der Waals surface area (Å²) in [5, 5.41) is 2.54. The van der Waals surface area contributed by atoms with E-state index < -0.39 is 0 Å². The Morgan fingerprint density at radius 1 is 1.39 bits per heavy atom. The van der Waals surface area contributed by atoms with E-state index in [-0.39, 0.29) is 24.4 Å². The van der Waals surface area contributed by atoms with Gasteiger partial charge in [0.05, 0.1) is 12.6 Å². The van der Waals surface area contributed by atoms with Gasteiger partial charge < -0.3 is 10.2 Å². The smallest absolute Gasteiger partial charge is 0.242 e. The molecule has 1 aliphatic rings. The molecule has 1 aromatic carbocycles. The fourth-order valence-corrected chi connectivity index (χ4v) is 2.44. The van der Waals surface area contributed by atoms with Gasteiger partial charge in [-0.3, -0.25) is 9.59 Å². The summed E-state index contributed by atoms with van der Waals surface area (Å²) in [6.45, 7) is 1.49. The summed E-state index contributed by atoms with van der Waals surface area (Å²) in [6, 6.07) is 8.36. The Bertz CT molecular complexity index is 471. The van der Waals surface area contributed by atoms with Crippen molar-refractivity contribution in [1.82, 2.24) is 10.2 Å². The van der Waals surface area contributed by atoms with Crippen LogP contribution in [-0.2, 0) is 16.0 Å². The van der Waals surface area contributed by atoms with E-state index in [9.17, 15) is 9.59 Å². The monoisotopic (exact) mass is 246 g/mol. The number of carbonyl (C=O) groups excluding carboxylic acids is 2. The van der Waals surface area contributed by atoms with Crippen LogP contribution in [0.4, 0.5) is 0 Å². The largest absolute Gasteiger partial charge is 0.347 e. The van der Waals surface area contributed by atoms with Crippen LogP contribution in [0.15, 0.2) is 24.3 Å². The Morgan fingerprint density at radius 3 is 2.83 bits per heavy atom. The number of benzene rings is 1. The molecular formula is C14H18N2O2. The van der Waals surface area contributed by atoms with Gasteiger partial charge in [-0.15, -0.1) is 0 Å². The molecule has 1 unspecified atom stereocenters. The Labute approximate surface area is 107 Å². The van der Waals surface area contributed by atoms with Crippen LogP contribution in [0.1, 0.15) is 30.5 Å². The Kier molecular flexibility index (Phi) is 3.65. The van der Waals surface area contributed by atoms with E-state index in [0.717, 1.165) is 12.8 Å². The lowest BCUT2D eigenvalue weighted by molar-refractivity contribution is -0.133. The third-order valence-electron chi connectivity index (χ3n) is 3.45. The van der Waals surface area contributed by atoms with Gasteiger partial charge in [0.25, 0.3) is 0 Å². The van der Waals surface area contributed by atoms with E-state index in [1.165, 1.54) is 18.1 Å². The van der Waals surface area contributed by atoms with Crippen molar-refractivity contribution in [2.24, 2.45) is 0 Å². The zero-order chi connectivity index (χ0) is 13.1. The quantitative estimate of drug-likeness (QED) is 0.873. The van der Waals surface area contributed by atoms with Crippen LogP contribution < -0.4 is 5.32 Å². The second-order valence-electron chi connectivity index (χ2n) is 4.67. The molecular weight excluding hydrogens is 228 g/mol. The Morgan fingerprint density at radius 2 is 2.11 bits per heavy atom. The Hall–Kier alpha value is -1.84. The van der Waals surface area contributed by atoms with Crippen molar-refractivity contribution in [1.29, 1.82) is 0 Å². The van der Waals surface area contributed by atoms with Crippen LogP contribution in [0.25, 0.3) is 0 Å². The maximum atomic E-state index is 12.0. The van der Waals surface area contributed by atoms with Crippen molar-refractivity contribution in [3.8, 4) is 0 Å². The first-order valence-electron chi connectivity index (χ1n) is 6.17. The second kappa shape index (κ2) is 5.21. The number of likely N-dealkylation sites (N-methyl/N-ethyl adjacent to an activating group) is 1. The summed E-state index contributed by atoms with van der Waals surface area (Å²) in [7, 11) is 1.80. The molecule has 1 aromatic rings. The summed E-state index contributed by atoms with van der Waals surface area (Å²) in [6.07, 6.45) is 1.97. The van der Waals surface area contributed by atoms with Crippen LogP contribution in [0.2, 0.25) is 0 Å². The van der Waals surface area contributed by atoms with Crippen molar-refractivity contribution in [3.05, 3.63) is 35.4 Å². The average Bonchev–Trinajstić information content (AvgIpc) is 2.78. The highest BCUT2D eigenvalue weighted by Gasteiger charge is 2.27. The molecule has 0 heterocycles. The van der Waals surface area contributed by atoms with Crippen LogP contribution in [0, 0.1) is 0 Å². The van der Waals surface area contributed by atoms with Crippen LogP contribution in [-0.4, -0.2) is 30.3 Å². The lowest BCUT2D eigenvalue weighted by Gasteiger charge is -2.25. The van der Waals surface area contributed by atoms with Gasteiger partial charge in [-0.25, -0.2) is 0 Å². The van der Waals surface area contributed by atoms with Gasteiger partial charge >= 0.3 is 0 Å². The molecule has 96 valence electrons. The molecule has 0 fully saturated rings. The highest BCUT2D eigenvalue weighted by atomic mass is 16.2. The zero-order valence-electron chi connectivity index (χ0n) is 10.8. The fraction of sp³-hybridized carbons (Fsp3) is 0.429. The molecule has 18 heavy (non-hydrogen) atoms. The highest BCUT2D eigenvalue weighted by Crippen LogP contribution is 2.34. The summed E-state index contributed by atoms with van der Waals surface area (Å²) >= 11 is 0. The molecule has 2 rings (SSSR count). The van der Waals surface area contributed by atoms with E-state index in [0.29, 0.717) is 0 Å². The molecule has 0 aliphatic heterocycles. The lowest BCUT2D eigenvalue weighted by atomic mass is 10.1. The number of amides is 2. The number of rotatable bonds is 3. The molecule has 0 saturated carbocycles. The highest BCUT2D eigenvalue weighted by molar-refractivity contribution is 5.83. The normalized spacial score (nSPS) is 17.1. The van der Waals surface area contributed by atoms with Gasteiger partial charge in [0.15, 0.2) is 0 Å². The number of fused-ring (bicyclic) bond motifs is 1. The Balaban J connectivity index is 2.04. The molecule has 0 radical (unpaired) electrons. The summed E-state index contributed by atoms with van der Waals surface area (Å²) in [4.78, 5) is 24.5. The van der Waals surface area contributed by atoms with E-state index in [4.69, 9.17) is 0 Å². The van der Waals surface area contributed by atoms with Gasteiger partial charge in [-0.1, -0.05) is 24.3 Å². The summed E-state index contributed by atoms with van der Waals surface area (Å²) in [5.41, 5.74) is 2.55. The first-order chi connectivity index (χ1) is 8.59. The fourth-order valence-electron chi connectivity index (χ4n) is 2.44. The van der Waals surface area contributed by atoms with E-state index in [1.807, 2.05) is 12.1 Å². The third kappa shape index (κ3) is 2.53. The van der Waals surface area contributed by atoms with Gasteiger partial charge in [0.1, 0.15) is 0 Å². The van der Waals surface area contributed by atoms with Crippen molar-refractivity contribution < 1.29 is 9.59 Å². The number of aryl methyl sites for hydroxylation is 1. The molecule has 0 saturated heterocycles. The van der Waals surface area contributed by atoms with Crippen molar-refractivity contribution in [2.75, 3.05) is 13.6 Å². The van der Waals surface area contributed by atoms with E-state index >= 15 is 0 Å². The topological polar surface area (TPSA) is 49.4 Å². The minimum atomic E-state index is -0.177. The minimum absolute atomic E-state index is 0.0492. The van der Waals surface area contributed by atoms with Gasteiger partial charge in [-0.2, -0.15) is 0 Å². The van der Waals surface area contributed by atoms with Crippen LogP contribution in [0.5, 0.6) is 0 Å². The maximum Gasteiger partial charge on any atom is 0.242 e. The predicted octanol–water partition coefficient (Wildman–Crippen LogP) is 1.27. The molecule has 1 N–H and O–H groups in total. The first kappa shape index (κ1) is 12.6. The molecule has 2 amide bonds. The number of nitrogens with one attached hydrogen (secondary N) is 1. The maximum absolute atomic E-state index is 12.0. The van der Waals surface area contributed by atoms with E-state index in [1.54, 1.807) is 11.9 Å². The lowest BCUT2D eigenvalue weighted by Crippen LogP contribution is -2.38.